The van der Waals surface area contributed by atoms with Gasteiger partial charge in [0.05, 0.1) is 24.0 Å². The molecule has 2 atom stereocenters. The normalized spacial score (nSPS) is 21.0. The Morgan fingerprint density at radius 2 is 1.67 bits per heavy atom. The second kappa shape index (κ2) is 13.4. The smallest absolute Gasteiger partial charge is 0.308 e. The molecule has 2 unspecified atom stereocenters. The number of carbonyl (C=O) groups excluding carboxylic acids is 2. The number of benzene rings is 3. The quantitative estimate of drug-likeness (QED) is 0.199. The lowest BCUT2D eigenvalue weighted by molar-refractivity contribution is -0.170. The van der Waals surface area contributed by atoms with Crippen molar-refractivity contribution in [3.63, 3.8) is 0 Å². The molecule has 3 aromatic carbocycles. The lowest BCUT2D eigenvalue weighted by Gasteiger charge is -2.44. The van der Waals surface area contributed by atoms with Crippen LogP contribution in [0.1, 0.15) is 55.7 Å². The maximum Gasteiger partial charge on any atom is 0.308 e. The first-order chi connectivity index (χ1) is 22.2. The molecule has 1 aliphatic heterocycles. The second-order valence-electron chi connectivity index (χ2n) is 12.0. The Balaban J connectivity index is 1.51. The molecule has 1 aromatic heterocycles. The van der Waals surface area contributed by atoms with Gasteiger partial charge in [0.1, 0.15) is 11.6 Å². The summed E-state index contributed by atoms with van der Waals surface area (Å²) in [5.41, 5.74) is 3.18. The molecule has 11 heteroatoms. The molecular weight excluding hydrogens is 606 g/mol. The van der Waals surface area contributed by atoms with E-state index in [0.717, 1.165) is 18.4 Å². The summed E-state index contributed by atoms with van der Waals surface area (Å²) in [5.74, 6) is -1.23. The Labute approximate surface area is 269 Å². The Bertz CT molecular complexity index is 1790. The topological polar surface area (TPSA) is 128 Å². The van der Waals surface area contributed by atoms with E-state index in [-0.39, 0.29) is 16.8 Å². The van der Waals surface area contributed by atoms with Crippen molar-refractivity contribution >= 4 is 38.4 Å². The number of nitrogens with one attached hydrogen (secondary N) is 1. The lowest BCUT2D eigenvalue weighted by atomic mass is 9.87. The van der Waals surface area contributed by atoms with Gasteiger partial charge in [0.15, 0.2) is 12.0 Å². The van der Waals surface area contributed by atoms with Crippen LogP contribution in [0.25, 0.3) is 11.1 Å². The van der Waals surface area contributed by atoms with Crippen LogP contribution in [-0.2, 0) is 28.9 Å². The van der Waals surface area contributed by atoms with Crippen molar-refractivity contribution in [1.29, 1.82) is 0 Å². The Hall–Kier alpha value is -4.06. The van der Waals surface area contributed by atoms with Crippen molar-refractivity contribution < 1.29 is 31.9 Å². The van der Waals surface area contributed by atoms with E-state index in [1.807, 2.05) is 31.2 Å². The summed E-state index contributed by atoms with van der Waals surface area (Å²) in [6, 6.07) is 19.7. The summed E-state index contributed by atoms with van der Waals surface area (Å²) in [6.45, 7) is 2.66. The van der Waals surface area contributed by atoms with E-state index in [1.54, 1.807) is 41.3 Å². The third-order valence-electron chi connectivity index (χ3n) is 9.18. The minimum Gasteiger partial charge on any atom is -0.469 e. The van der Waals surface area contributed by atoms with E-state index < -0.39 is 32.8 Å². The molecule has 10 nitrogen and oxygen atoms in total. The number of oxazole rings is 1. The van der Waals surface area contributed by atoms with E-state index in [2.05, 4.69) is 10.3 Å². The third kappa shape index (κ3) is 5.94. The molecule has 0 radical (unpaired) electrons. The predicted octanol–water partition coefficient (Wildman–Crippen LogP) is 5.83. The highest BCUT2D eigenvalue weighted by Crippen LogP contribution is 2.42. The molecule has 2 heterocycles. The van der Waals surface area contributed by atoms with Crippen LogP contribution in [0.15, 0.2) is 88.5 Å². The van der Waals surface area contributed by atoms with Crippen molar-refractivity contribution in [2.75, 3.05) is 25.5 Å². The zero-order valence-electron chi connectivity index (χ0n) is 26.1. The zero-order chi connectivity index (χ0) is 32.3. The highest BCUT2D eigenvalue weighted by Gasteiger charge is 2.61. The fourth-order valence-corrected chi connectivity index (χ4v) is 8.66. The van der Waals surface area contributed by atoms with E-state index in [9.17, 15) is 4.79 Å². The van der Waals surface area contributed by atoms with Crippen molar-refractivity contribution in [2.24, 2.45) is 5.92 Å². The molecular formula is C35H39N3O7S. The van der Waals surface area contributed by atoms with Gasteiger partial charge < -0.3 is 19.2 Å². The van der Waals surface area contributed by atoms with Gasteiger partial charge in [0.25, 0.3) is 5.06 Å². The van der Waals surface area contributed by atoms with E-state index in [4.69, 9.17) is 13.9 Å². The van der Waals surface area contributed by atoms with Crippen LogP contribution < -0.4 is 5.32 Å². The summed E-state index contributed by atoms with van der Waals surface area (Å²) >= 11 is 0. The largest absolute Gasteiger partial charge is 0.469 e. The summed E-state index contributed by atoms with van der Waals surface area (Å²) in [7, 11) is -3.11. The zero-order valence-corrected chi connectivity index (χ0v) is 26.9. The molecule has 2 aliphatic rings. The number of ether oxygens (including phenoxy) is 2. The molecule has 0 spiro atoms. The molecule has 4 aromatic rings. The maximum absolute atomic E-state index is 15.5. The number of rotatable bonds is 11. The number of para-hydroxylation sites is 1. The highest BCUT2D eigenvalue weighted by molar-refractivity contribution is 7.93. The monoisotopic (exact) mass is 645 g/mol. The number of aryl methyl sites for hydroxylation is 1. The number of fused-ring (bicyclic) bond motifs is 1. The summed E-state index contributed by atoms with van der Waals surface area (Å²) in [4.78, 5) is 33.7. The number of carbonyl (C=O) groups is 2. The SMILES string of the molecule is COC(=O)C1CCC(OC(C(=O)C(Nc2ccccc2C)c2ccc3ncoc3c2)(N2CCCC2)S(=O)(=O)c2ccccc2)CC1. The molecule has 0 amide bonds. The Morgan fingerprint density at radius 3 is 2.37 bits per heavy atom. The van der Waals surface area contributed by atoms with E-state index >= 15 is 13.2 Å². The number of ketones is 1. The number of hydrogen-bond donors (Lipinski definition) is 1. The maximum atomic E-state index is 15.5. The van der Waals surface area contributed by atoms with Crippen LogP contribution in [0.5, 0.6) is 0 Å². The number of Topliss-reactive ketones (excluding diaryl/α,β-unsaturated/α-hetero) is 1. The average Bonchev–Trinajstić information content (AvgIpc) is 3.80. The number of aromatic nitrogens is 1. The number of esters is 1. The molecule has 242 valence electrons. The molecule has 46 heavy (non-hydrogen) atoms. The number of nitrogens with zero attached hydrogens (tertiary/aromatic N) is 2. The molecule has 1 saturated carbocycles. The van der Waals surface area contributed by atoms with Crippen molar-refractivity contribution in [2.45, 2.75) is 67.5 Å². The average molecular weight is 646 g/mol. The molecule has 1 aliphatic carbocycles. The van der Waals surface area contributed by atoms with Gasteiger partial charge in [-0.3, -0.25) is 14.5 Å². The Kier molecular flexibility index (Phi) is 9.26. The fraction of sp³-hybridized carbons (Fsp3) is 0.400. The van der Waals surface area contributed by atoms with Crippen molar-refractivity contribution in [3.8, 4) is 0 Å². The number of hydrogen-bond acceptors (Lipinski definition) is 10. The number of anilines is 1. The van der Waals surface area contributed by atoms with Crippen LogP contribution in [0.3, 0.4) is 0 Å². The van der Waals surface area contributed by atoms with Gasteiger partial charge in [-0.05, 0) is 86.9 Å². The molecule has 1 N–H and O–H groups in total. The van der Waals surface area contributed by atoms with Gasteiger partial charge in [-0.15, -0.1) is 0 Å². The lowest BCUT2D eigenvalue weighted by Crippen LogP contribution is -2.64. The minimum atomic E-state index is -4.48. The first-order valence-corrected chi connectivity index (χ1v) is 17.2. The first-order valence-electron chi connectivity index (χ1n) is 15.7. The third-order valence-corrected chi connectivity index (χ3v) is 11.4. The molecule has 2 fully saturated rings. The molecule has 6 rings (SSSR count). The standard InChI is InChI=1S/C35H39N3O7S/c1-24-10-6-7-13-29(24)37-32(26-16-19-30-31(22-26)44-23-36-30)33(39)35(38-20-8-9-21-38,46(41,42)28-11-4-3-5-12-28)45-27-17-14-25(15-18-27)34(40)43-2/h3-7,10-13,16,19,22-23,25,27,32,37H,8-9,14-15,17-18,20-21H2,1-2H3. The number of likely N-dealkylation sites (tertiary alicyclic amines) is 1. The second-order valence-corrected chi connectivity index (χ2v) is 14.1. The highest BCUT2D eigenvalue weighted by atomic mass is 32.2. The van der Waals surface area contributed by atoms with Crippen molar-refractivity contribution in [3.05, 3.63) is 90.3 Å². The van der Waals surface area contributed by atoms with Gasteiger partial charge in [0.2, 0.25) is 15.6 Å². The van der Waals surface area contributed by atoms with Crippen LogP contribution in [0, 0.1) is 12.8 Å². The van der Waals surface area contributed by atoms with Gasteiger partial charge >= 0.3 is 5.97 Å². The fourth-order valence-electron chi connectivity index (χ4n) is 6.66. The predicted molar refractivity (Wildman–Crippen MR) is 173 cm³/mol. The summed E-state index contributed by atoms with van der Waals surface area (Å²) in [6.07, 6.45) is 3.96. The van der Waals surface area contributed by atoms with Crippen LogP contribution in [0.2, 0.25) is 0 Å². The van der Waals surface area contributed by atoms with Crippen LogP contribution in [-0.4, -0.2) is 61.4 Å². The van der Waals surface area contributed by atoms with Gasteiger partial charge in [-0.25, -0.2) is 13.4 Å². The number of sulfone groups is 1. The summed E-state index contributed by atoms with van der Waals surface area (Å²) in [5, 5.41) is 1.04. The van der Waals surface area contributed by atoms with Gasteiger partial charge in [-0.1, -0.05) is 42.5 Å². The molecule has 1 saturated heterocycles. The van der Waals surface area contributed by atoms with E-state index in [1.165, 1.54) is 25.6 Å². The van der Waals surface area contributed by atoms with Gasteiger partial charge in [0, 0.05) is 18.8 Å². The minimum absolute atomic E-state index is 0.00109. The van der Waals surface area contributed by atoms with Crippen LogP contribution in [0.4, 0.5) is 5.69 Å². The van der Waals surface area contributed by atoms with E-state index in [0.29, 0.717) is 61.1 Å². The molecule has 0 bridgehead atoms. The van der Waals surface area contributed by atoms with Crippen LogP contribution >= 0.6 is 0 Å². The Morgan fingerprint density at radius 1 is 0.978 bits per heavy atom. The summed E-state index contributed by atoms with van der Waals surface area (Å²) < 4.78 is 47.5. The first kappa shape index (κ1) is 31.9. The van der Waals surface area contributed by atoms with Crippen molar-refractivity contribution in [1.82, 2.24) is 9.88 Å². The number of methoxy groups -OCH3 is 1. The van der Waals surface area contributed by atoms with Gasteiger partial charge in [-0.2, -0.15) is 0 Å².